The van der Waals surface area contributed by atoms with Gasteiger partial charge in [0.1, 0.15) is 0 Å². The Kier molecular flexibility index (Phi) is 5.12. The van der Waals surface area contributed by atoms with Gasteiger partial charge in [-0.3, -0.25) is 0 Å². The van der Waals surface area contributed by atoms with Crippen LogP contribution in [-0.4, -0.2) is 25.4 Å². The summed E-state index contributed by atoms with van der Waals surface area (Å²) in [6.45, 7) is 4.35. The number of hydrogen-bond donors (Lipinski definition) is 1. The van der Waals surface area contributed by atoms with Gasteiger partial charge >= 0.3 is 0 Å². The van der Waals surface area contributed by atoms with Crippen LogP contribution in [0.25, 0.3) is 11.3 Å². The second-order valence-electron chi connectivity index (χ2n) is 4.40. The van der Waals surface area contributed by atoms with E-state index in [0.717, 1.165) is 30.0 Å². The van der Waals surface area contributed by atoms with Crippen LogP contribution in [0.1, 0.15) is 18.2 Å². The lowest BCUT2D eigenvalue weighted by atomic mass is 10.1. The Balaban J connectivity index is 1.95. The predicted octanol–water partition coefficient (Wildman–Crippen LogP) is 2.64. The Bertz CT molecular complexity index is 491. The third kappa shape index (κ3) is 3.91. The smallest absolute Gasteiger partial charge is 0.167 e. The van der Waals surface area contributed by atoms with Crippen molar-refractivity contribution < 1.29 is 9.26 Å². The van der Waals surface area contributed by atoms with E-state index in [1.807, 2.05) is 6.07 Å². The zero-order chi connectivity index (χ0) is 13.5. The van der Waals surface area contributed by atoms with Crippen molar-refractivity contribution in [1.29, 1.82) is 0 Å². The Morgan fingerprint density at radius 3 is 2.74 bits per heavy atom. The standard InChI is InChI=1S/C15H20N2O2/c1-3-12-4-6-13(7-5-12)15-10-14(17-19-15)11-16-8-9-18-2/h4-7,10,16H,3,8-9,11H2,1-2H3. The molecule has 0 amide bonds. The van der Waals surface area contributed by atoms with Crippen LogP contribution in [0.4, 0.5) is 0 Å². The molecular formula is C15H20N2O2. The summed E-state index contributed by atoms with van der Waals surface area (Å²) in [5, 5.41) is 7.29. The summed E-state index contributed by atoms with van der Waals surface area (Å²) in [6.07, 6.45) is 1.05. The summed E-state index contributed by atoms with van der Waals surface area (Å²) in [6, 6.07) is 10.4. The van der Waals surface area contributed by atoms with Gasteiger partial charge in [-0.2, -0.15) is 0 Å². The van der Waals surface area contributed by atoms with Gasteiger partial charge in [0.15, 0.2) is 5.76 Å². The van der Waals surface area contributed by atoms with Gasteiger partial charge in [-0.25, -0.2) is 0 Å². The Labute approximate surface area is 113 Å². The number of rotatable bonds is 7. The van der Waals surface area contributed by atoms with Gasteiger partial charge in [-0.1, -0.05) is 36.3 Å². The number of aryl methyl sites for hydroxylation is 1. The molecule has 2 aromatic rings. The van der Waals surface area contributed by atoms with Crippen LogP contribution < -0.4 is 5.32 Å². The Morgan fingerprint density at radius 2 is 2.05 bits per heavy atom. The first-order valence-electron chi connectivity index (χ1n) is 6.58. The van der Waals surface area contributed by atoms with Crippen molar-refractivity contribution in [2.24, 2.45) is 0 Å². The van der Waals surface area contributed by atoms with E-state index in [0.29, 0.717) is 13.2 Å². The Morgan fingerprint density at radius 1 is 1.26 bits per heavy atom. The number of nitrogens with zero attached hydrogens (tertiary/aromatic N) is 1. The molecule has 0 spiro atoms. The fraction of sp³-hybridized carbons (Fsp3) is 0.400. The summed E-state index contributed by atoms with van der Waals surface area (Å²) in [4.78, 5) is 0. The number of nitrogens with one attached hydrogen (secondary N) is 1. The molecule has 0 saturated heterocycles. The number of methoxy groups -OCH3 is 1. The molecule has 2 rings (SSSR count). The largest absolute Gasteiger partial charge is 0.383 e. The summed E-state index contributed by atoms with van der Waals surface area (Å²) in [7, 11) is 1.69. The second-order valence-corrected chi connectivity index (χ2v) is 4.40. The van der Waals surface area contributed by atoms with Crippen LogP contribution >= 0.6 is 0 Å². The Hall–Kier alpha value is -1.65. The molecule has 102 valence electrons. The van der Waals surface area contributed by atoms with Crippen molar-refractivity contribution in [1.82, 2.24) is 10.5 Å². The molecule has 1 aromatic heterocycles. The third-order valence-corrected chi connectivity index (χ3v) is 2.99. The molecule has 4 nitrogen and oxygen atoms in total. The SMILES string of the molecule is CCc1ccc(-c2cc(CNCCOC)no2)cc1. The zero-order valence-electron chi connectivity index (χ0n) is 11.5. The van der Waals surface area contributed by atoms with Crippen molar-refractivity contribution in [2.75, 3.05) is 20.3 Å². The summed E-state index contributed by atoms with van der Waals surface area (Å²) >= 11 is 0. The quantitative estimate of drug-likeness (QED) is 0.777. The van der Waals surface area contributed by atoms with Crippen LogP contribution in [0.5, 0.6) is 0 Å². The van der Waals surface area contributed by atoms with Gasteiger partial charge in [0.25, 0.3) is 0 Å². The van der Waals surface area contributed by atoms with Gasteiger partial charge in [0.2, 0.25) is 0 Å². The molecule has 0 aliphatic carbocycles. The maximum atomic E-state index is 5.36. The molecule has 1 aromatic carbocycles. The van der Waals surface area contributed by atoms with E-state index in [1.165, 1.54) is 5.56 Å². The van der Waals surface area contributed by atoms with Crippen molar-refractivity contribution in [2.45, 2.75) is 19.9 Å². The lowest BCUT2D eigenvalue weighted by Crippen LogP contribution is -2.18. The maximum absolute atomic E-state index is 5.36. The van der Waals surface area contributed by atoms with Crippen LogP contribution in [0.3, 0.4) is 0 Å². The second kappa shape index (κ2) is 7.07. The van der Waals surface area contributed by atoms with E-state index < -0.39 is 0 Å². The molecule has 4 heteroatoms. The van der Waals surface area contributed by atoms with Crippen molar-refractivity contribution in [3.63, 3.8) is 0 Å². The molecule has 0 radical (unpaired) electrons. The molecule has 1 N–H and O–H groups in total. The first-order chi connectivity index (χ1) is 9.33. The van der Waals surface area contributed by atoms with Crippen LogP contribution in [-0.2, 0) is 17.7 Å². The van der Waals surface area contributed by atoms with Gasteiger partial charge in [0, 0.05) is 31.8 Å². The minimum atomic E-state index is 0.694. The van der Waals surface area contributed by atoms with Crippen LogP contribution in [0.2, 0.25) is 0 Å². The van der Waals surface area contributed by atoms with E-state index >= 15 is 0 Å². The van der Waals surface area contributed by atoms with E-state index in [1.54, 1.807) is 7.11 Å². The number of ether oxygens (including phenoxy) is 1. The third-order valence-electron chi connectivity index (χ3n) is 2.99. The van der Waals surface area contributed by atoms with Crippen molar-refractivity contribution >= 4 is 0 Å². The van der Waals surface area contributed by atoms with E-state index in [4.69, 9.17) is 9.26 Å². The topological polar surface area (TPSA) is 47.3 Å². The summed E-state index contributed by atoms with van der Waals surface area (Å²) in [5.41, 5.74) is 3.29. The lowest BCUT2D eigenvalue weighted by Gasteiger charge is -1.99. The average Bonchev–Trinajstić information content (AvgIpc) is 2.92. The molecule has 0 fully saturated rings. The molecule has 0 bridgehead atoms. The number of aromatic nitrogens is 1. The van der Waals surface area contributed by atoms with Crippen LogP contribution in [0, 0.1) is 0 Å². The van der Waals surface area contributed by atoms with Gasteiger partial charge in [-0.05, 0) is 12.0 Å². The molecule has 0 saturated carbocycles. The molecule has 0 aliphatic rings. The number of benzene rings is 1. The summed E-state index contributed by atoms with van der Waals surface area (Å²) < 4.78 is 10.3. The molecule has 0 aliphatic heterocycles. The van der Waals surface area contributed by atoms with Gasteiger partial charge in [0.05, 0.1) is 12.3 Å². The van der Waals surface area contributed by atoms with E-state index in [-0.39, 0.29) is 0 Å². The van der Waals surface area contributed by atoms with Gasteiger partial charge in [-0.15, -0.1) is 0 Å². The molecule has 0 unspecified atom stereocenters. The highest BCUT2D eigenvalue weighted by Crippen LogP contribution is 2.20. The van der Waals surface area contributed by atoms with Crippen molar-refractivity contribution in [3.8, 4) is 11.3 Å². The molecule has 0 atom stereocenters. The van der Waals surface area contributed by atoms with E-state index in [9.17, 15) is 0 Å². The fourth-order valence-electron chi connectivity index (χ4n) is 1.83. The minimum absolute atomic E-state index is 0.694. The van der Waals surface area contributed by atoms with Crippen molar-refractivity contribution in [3.05, 3.63) is 41.6 Å². The van der Waals surface area contributed by atoms with E-state index in [2.05, 4.69) is 41.7 Å². The predicted molar refractivity (Wildman–Crippen MR) is 74.9 cm³/mol. The maximum Gasteiger partial charge on any atom is 0.167 e. The fourth-order valence-corrected chi connectivity index (χ4v) is 1.83. The highest BCUT2D eigenvalue weighted by atomic mass is 16.5. The molecular weight excluding hydrogens is 240 g/mol. The highest BCUT2D eigenvalue weighted by Gasteiger charge is 2.06. The lowest BCUT2D eigenvalue weighted by molar-refractivity contribution is 0.199. The normalized spacial score (nSPS) is 10.8. The zero-order valence-corrected chi connectivity index (χ0v) is 11.5. The summed E-state index contributed by atoms with van der Waals surface area (Å²) in [5.74, 6) is 0.811. The minimum Gasteiger partial charge on any atom is -0.383 e. The van der Waals surface area contributed by atoms with Gasteiger partial charge < -0.3 is 14.6 Å². The average molecular weight is 260 g/mol. The molecule has 1 heterocycles. The number of hydrogen-bond acceptors (Lipinski definition) is 4. The molecule has 19 heavy (non-hydrogen) atoms. The highest BCUT2D eigenvalue weighted by molar-refractivity contribution is 5.57. The van der Waals surface area contributed by atoms with Crippen LogP contribution in [0.15, 0.2) is 34.9 Å². The first kappa shape index (κ1) is 13.8. The first-order valence-corrected chi connectivity index (χ1v) is 6.58. The monoisotopic (exact) mass is 260 g/mol.